The fourth-order valence-corrected chi connectivity index (χ4v) is 3.88. The van der Waals surface area contributed by atoms with Crippen molar-refractivity contribution < 1.29 is 18.7 Å². The number of amides is 1. The maximum Gasteiger partial charge on any atom is 0.254 e. The van der Waals surface area contributed by atoms with Crippen LogP contribution in [-0.2, 0) is 11.3 Å². The van der Waals surface area contributed by atoms with E-state index in [1.165, 1.54) is 0 Å². The van der Waals surface area contributed by atoms with Gasteiger partial charge in [-0.15, -0.1) is 10.2 Å². The number of rotatable bonds is 8. The number of aromatic nitrogens is 2. The van der Waals surface area contributed by atoms with E-state index in [4.69, 9.17) is 25.5 Å². The van der Waals surface area contributed by atoms with Crippen molar-refractivity contribution in [3.05, 3.63) is 65.0 Å². The molecule has 0 N–H and O–H groups in total. The summed E-state index contributed by atoms with van der Waals surface area (Å²) in [6, 6.07) is 14.7. The lowest BCUT2D eigenvalue weighted by atomic mass is 10.2. The lowest BCUT2D eigenvalue weighted by Gasteiger charge is -2.21. The molecule has 1 amide bonds. The predicted molar refractivity (Wildman–Crippen MR) is 119 cm³/mol. The predicted octanol–water partition coefficient (Wildman–Crippen LogP) is 4.75. The van der Waals surface area contributed by atoms with Crippen LogP contribution in [0.25, 0.3) is 11.5 Å². The third-order valence-electron chi connectivity index (χ3n) is 5.67. The number of hydrogen-bond donors (Lipinski definition) is 0. The van der Waals surface area contributed by atoms with Gasteiger partial charge in [-0.2, -0.15) is 0 Å². The highest BCUT2D eigenvalue weighted by Gasteiger charge is 2.34. The van der Waals surface area contributed by atoms with Gasteiger partial charge in [-0.05, 0) is 74.2 Å². The van der Waals surface area contributed by atoms with Crippen molar-refractivity contribution in [1.29, 1.82) is 0 Å². The van der Waals surface area contributed by atoms with Crippen LogP contribution in [0.1, 0.15) is 41.9 Å². The van der Waals surface area contributed by atoms with E-state index in [0.29, 0.717) is 29.0 Å². The Morgan fingerprint density at radius 2 is 1.84 bits per heavy atom. The van der Waals surface area contributed by atoms with Crippen LogP contribution in [0.4, 0.5) is 0 Å². The fourth-order valence-electron chi connectivity index (χ4n) is 3.75. The van der Waals surface area contributed by atoms with Crippen molar-refractivity contribution in [3.8, 4) is 17.2 Å². The minimum atomic E-state index is -0.0515. The van der Waals surface area contributed by atoms with Gasteiger partial charge in [0.05, 0.1) is 12.6 Å². The molecule has 0 bridgehead atoms. The normalized spacial score (nSPS) is 18.0. The molecule has 1 saturated carbocycles. The molecule has 0 spiro atoms. The first-order chi connectivity index (χ1) is 15.7. The van der Waals surface area contributed by atoms with Gasteiger partial charge >= 0.3 is 0 Å². The number of benzene rings is 2. The number of hydrogen-bond acceptors (Lipinski definition) is 6. The highest BCUT2D eigenvalue weighted by molar-refractivity contribution is 6.30. The molecule has 2 heterocycles. The van der Waals surface area contributed by atoms with Crippen molar-refractivity contribution in [2.24, 2.45) is 0 Å². The van der Waals surface area contributed by atoms with Gasteiger partial charge in [-0.25, -0.2) is 0 Å². The Balaban J connectivity index is 1.24. The van der Waals surface area contributed by atoms with E-state index in [1.54, 1.807) is 29.2 Å². The van der Waals surface area contributed by atoms with Crippen LogP contribution in [0, 0.1) is 0 Å². The zero-order valence-corrected chi connectivity index (χ0v) is 18.3. The summed E-state index contributed by atoms with van der Waals surface area (Å²) in [7, 11) is 0. The first-order valence-corrected chi connectivity index (χ1v) is 11.3. The lowest BCUT2D eigenvalue weighted by molar-refractivity contribution is 0.0677. The molecule has 0 radical (unpaired) electrons. The summed E-state index contributed by atoms with van der Waals surface area (Å²) in [4.78, 5) is 15.0. The summed E-state index contributed by atoms with van der Waals surface area (Å²) in [6.45, 7) is 1.62. The third-order valence-corrected chi connectivity index (χ3v) is 5.93. The van der Waals surface area contributed by atoms with Gasteiger partial charge in [0.15, 0.2) is 0 Å². The largest absolute Gasteiger partial charge is 0.491 e. The maximum atomic E-state index is 13.2. The summed E-state index contributed by atoms with van der Waals surface area (Å²) < 4.78 is 17.2. The van der Waals surface area contributed by atoms with Crippen molar-refractivity contribution >= 4 is 17.5 Å². The van der Waals surface area contributed by atoms with Crippen LogP contribution in [0.5, 0.6) is 5.75 Å². The molecule has 166 valence electrons. The van der Waals surface area contributed by atoms with E-state index < -0.39 is 0 Å². The average Bonchev–Trinajstić information content (AvgIpc) is 3.31. The summed E-state index contributed by atoms with van der Waals surface area (Å²) >= 11 is 5.94. The Morgan fingerprint density at radius 1 is 1.06 bits per heavy atom. The van der Waals surface area contributed by atoms with Crippen molar-refractivity contribution in [3.63, 3.8) is 0 Å². The van der Waals surface area contributed by atoms with Gasteiger partial charge in [0.2, 0.25) is 11.8 Å². The van der Waals surface area contributed by atoms with Crippen molar-refractivity contribution in [2.45, 2.75) is 44.4 Å². The molecular weight excluding hydrogens is 430 g/mol. The maximum absolute atomic E-state index is 13.2. The summed E-state index contributed by atoms with van der Waals surface area (Å²) in [5, 5.41) is 8.90. The van der Waals surface area contributed by atoms with E-state index in [2.05, 4.69) is 10.2 Å². The SMILES string of the molecule is O=C(c1ccc(OCC2CCCO2)cc1)N(Cc1nnc(-c2ccc(Cl)cc2)o1)C1CC1. The molecule has 1 aromatic heterocycles. The third kappa shape index (κ3) is 4.95. The standard InChI is InChI=1S/C24H24ClN3O4/c25-18-7-3-16(4-8-18)23-27-26-22(32-23)14-28(19-9-10-19)24(29)17-5-11-20(12-6-17)31-15-21-2-1-13-30-21/h3-8,11-12,19,21H,1-2,9-10,13-15H2. The zero-order chi connectivity index (χ0) is 21.9. The number of nitrogens with zero attached hydrogens (tertiary/aromatic N) is 3. The highest BCUT2D eigenvalue weighted by Crippen LogP contribution is 2.30. The highest BCUT2D eigenvalue weighted by atomic mass is 35.5. The molecular formula is C24H24ClN3O4. The molecule has 1 saturated heterocycles. The van der Waals surface area contributed by atoms with Crippen LogP contribution in [0.15, 0.2) is 52.9 Å². The molecule has 8 heteroatoms. The molecule has 2 aromatic carbocycles. The van der Waals surface area contributed by atoms with Gasteiger partial charge in [0, 0.05) is 28.8 Å². The summed E-state index contributed by atoms with van der Waals surface area (Å²) in [6.07, 6.45) is 4.23. The van der Waals surface area contributed by atoms with Gasteiger partial charge < -0.3 is 18.8 Å². The monoisotopic (exact) mass is 453 g/mol. The van der Waals surface area contributed by atoms with E-state index in [9.17, 15) is 4.79 Å². The number of carbonyl (C=O) groups excluding carboxylic acids is 1. The second-order valence-electron chi connectivity index (χ2n) is 8.14. The lowest BCUT2D eigenvalue weighted by Crippen LogP contribution is -2.32. The molecule has 1 unspecified atom stereocenters. The van der Waals surface area contributed by atoms with Crippen molar-refractivity contribution in [2.75, 3.05) is 13.2 Å². The minimum absolute atomic E-state index is 0.0515. The topological polar surface area (TPSA) is 77.7 Å². The van der Waals surface area contributed by atoms with E-state index in [0.717, 1.165) is 43.6 Å². The Morgan fingerprint density at radius 3 is 2.53 bits per heavy atom. The van der Waals surface area contributed by atoms with Crippen LogP contribution in [0.3, 0.4) is 0 Å². The molecule has 1 aliphatic heterocycles. The molecule has 1 atom stereocenters. The Kier molecular flexibility index (Phi) is 6.10. The van der Waals surface area contributed by atoms with Crippen LogP contribution < -0.4 is 4.74 Å². The second kappa shape index (κ2) is 9.30. The Hall–Kier alpha value is -2.90. The van der Waals surface area contributed by atoms with E-state index in [1.807, 2.05) is 24.3 Å². The molecule has 3 aromatic rings. The molecule has 2 aliphatic rings. The van der Waals surface area contributed by atoms with Gasteiger partial charge in [-0.1, -0.05) is 11.6 Å². The number of carbonyl (C=O) groups is 1. The number of halogens is 1. The molecule has 32 heavy (non-hydrogen) atoms. The second-order valence-corrected chi connectivity index (χ2v) is 8.58. The van der Waals surface area contributed by atoms with Crippen LogP contribution >= 0.6 is 11.6 Å². The average molecular weight is 454 g/mol. The van der Waals surface area contributed by atoms with Crippen LogP contribution in [0.2, 0.25) is 5.02 Å². The first kappa shape index (κ1) is 21.0. The molecule has 1 aliphatic carbocycles. The Bertz CT molecular complexity index is 1060. The molecule has 5 rings (SSSR count). The summed E-state index contributed by atoms with van der Waals surface area (Å²) in [5.41, 5.74) is 1.40. The molecule has 7 nitrogen and oxygen atoms in total. The molecule has 2 fully saturated rings. The van der Waals surface area contributed by atoms with Gasteiger partial charge in [-0.3, -0.25) is 4.79 Å². The minimum Gasteiger partial charge on any atom is -0.491 e. The van der Waals surface area contributed by atoms with E-state index in [-0.39, 0.29) is 24.6 Å². The van der Waals surface area contributed by atoms with Gasteiger partial charge in [0.25, 0.3) is 5.91 Å². The van der Waals surface area contributed by atoms with Crippen LogP contribution in [-0.4, -0.2) is 46.4 Å². The smallest absolute Gasteiger partial charge is 0.254 e. The fraction of sp³-hybridized carbons (Fsp3) is 0.375. The first-order valence-electron chi connectivity index (χ1n) is 10.9. The zero-order valence-electron chi connectivity index (χ0n) is 17.6. The van der Waals surface area contributed by atoms with Gasteiger partial charge in [0.1, 0.15) is 12.4 Å². The van der Waals surface area contributed by atoms with E-state index >= 15 is 0 Å². The quantitative estimate of drug-likeness (QED) is 0.489. The Labute approximate surface area is 191 Å². The van der Waals surface area contributed by atoms with Crippen molar-refractivity contribution in [1.82, 2.24) is 15.1 Å². The summed E-state index contributed by atoms with van der Waals surface area (Å²) in [5.74, 6) is 1.50. The number of ether oxygens (including phenoxy) is 2.